The third kappa shape index (κ3) is 4.40. The number of aromatic nitrogens is 1. The molecular weight excluding hydrogens is 188 g/mol. The molecule has 80 valence electrons. The zero-order valence-electron chi connectivity index (χ0n) is 9.37. The van der Waals surface area contributed by atoms with Gasteiger partial charge >= 0.3 is 0 Å². The molecule has 0 unspecified atom stereocenters. The first-order chi connectivity index (χ1) is 7.08. The molecule has 3 heteroatoms. The number of carbonyl (C=O) groups excluding carboxylic acids is 1. The monoisotopic (exact) mass is 204 g/mol. The molecule has 0 aliphatic carbocycles. The van der Waals surface area contributed by atoms with Crippen LogP contribution in [0.3, 0.4) is 0 Å². The second-order valence-electron chi connectivity index (χ2n) is 3.77. The summed E-state index contributed by atoms with van der Waals surface area (Å²) in [5.74, 6) is -0.0719. The van der Waals surface area contributed by atoms with Crippen LogP contribution in [0.5, 0.6) is 0 Å². The van der Waals surface area contributed by atoms with Crippen LogP contribution in [-0.2, 0) is 11.3 Å². The van der Waals surface area contributed by atoms with Crippen LogP contribution in [-0.4, -0.2) is 10.9 Å². The van der Waals surface area contributed by atoms with Gasteiger partial charge in [-0.2, -0.15) is 0 Å². The highest BCUT2D eigenvalue weighted by Gasteiger charge is 1.97. The first-order valence-electron chi connectivity index (χ1n) is 4.92. The Bertz CT molecular complexity index is 362. The molecule has 1 heterocycles. The van der Waals surface area contributed by atoms with Crippen molar-refractivity contribution >= 4 is 5.91 Å². The van der Waals surface area contributed by atoms with Crippen LogP contribution >= 0.6 is 0 Å². The van der Waals surface area contributed by atoms with E-state index >= 15 is 0 Å². The number of carbonyl (C=O) groups is 1. The summed E-state index contributed by atoms with van der Waals surface area (Å²) < 4.78 is 0. The van der Waals surface area contributed by atoms with E-state index in [0.29, 0.717) is 6.54 Å². The van der Waals surface area contributed by atoms with Crippen LogP contribution in [0.1, 0.15) is 25.1 Å². The zero-order chi connectivity index (χ0) is 11.3. The van der Waals surface area contributed by atoms with E-state index in [4.69, 9.17) is 0 Å². The van der Waals surface area contributed by atoms with Crippen molar-refractivity contribution in [1.82, 2.24) is 10.3 Å². The molecule has 1 aromatic heterocycles. The average molecular weight is 204 g/mol. The normalized spacial score (nSPS) is 9.53. The Labute approximate surface area is 90.2 Å². The fourth-order valence-corrected chi connectivity index (χ4v) is 1.09. The van der Waals surface area contributed by atoms with Crippen molar-refractivity contribution in [2.75, 3.05) is 0 Å². The lowest BCUT2D eigenvalue weighted by atomic mass is 10.2. The molecule has 0 bridgehead atoms. The van der Waals surface area contributed by atoms with E-state index in [-0.39, 0.29) is 5.91 Å². The van der Waals surface area contributed by atoms with Crippen molar-refractivity contribution in [3.8, 4) is 0 Å². The van der Waals surface area contributed by atoms with Gasteiger partial charge in [-0.15, -0.1) is 0 Å². The van der Waals surface area contributed by atoms with Crippen molar-refractivity contribution in [3.63, 3.8) is 0 Å². The average Bonchev–Trinajstić information content (AvgIpc) is 2.16. The van der Waals surface area contributed by atoms with Gasteiger partial charge in [0.2, 0.25) is 5.91 Å². The van der Waals surface area contributed by atoms with Crippen LogP contribution in [0.15, 0.2) is 30.0 Å². The van der Waals surface area contributed by atoms with Gasteiger partial charge in [0.15, 0.2) is 0 Å². The number of nitrogens with zero attached hydrogens (tertiary/aromatic N) is 1. The summed E-state index contributed by atoms with van der Waals surface area (Å²) in [6, 6.07) is 3.90. The molecule has 15 heavy (non-hydrogen) atoms. The summed E-state index contributed by atoms with van der Waals surface area (Å²) in [6.07, 6.45) is 3.37. The largest absolute Gasteiger partial charge is 0.347 e. The van der Waals surface area contributed by atoms with Gasteiger partial charge in [0.05, 0.1) is 12.2 Å². The molecular formula is C12H16N2O. The summed E-state index contributed by atoms with van der Waals surface area (Å²) in [5.41, 5.74) is 2.98. The highest BCUT2D eigenvalue weighted by Crippen LogP contribution is 1.98. The molecule has 0 saturated carbocycles. The molecule has 1 rings (SSSR count). The van der Waals surface area contributed by atoms with Gasteiger partial charge in [0.25, 0.3) is 0 Å². The Morgan fingerprint density at radius 3 is 2.73 bits per heavy atom. The topological polar surface area (TPSA) is 42.0 Å². The fourth-order valence-electron chi connectivity index (χ4n) is 1.09. The van der Waals surface area contributed by atoms with Crippen molar-refractivity contribution in [1.29, 1.82) is 0 Å². The van der Waals surface area contributed by atoms with Gasteiger partial charge < -0.3 is 5.32 Å². The van der Waals surface area contributed by atoms with Gasteiger partial charge in [-0.1, -0.05) is 11.6 Å². The summed E-state index contributed by atoms with van der Waals surface area (Å²) in [7, 11) is 0. The maximum atomic E-state index is 11.3. The van der Waals surface area contributed by atoms with Crippen LogP contribution in [0.4, 0.5) is 0 Å². The SMILES string of the molecule is CC(C)=CC(=O)NCc1ccc(C)cn1. The lowest BCUT2D eigenvalue weighted by molar-refractivity contribution is -0.116. The standard InChI is InChI=1S/C12H16N2O/c1-9(2)6-12(15)14-8-11-5-4-10(3)7-13-11/h4-7H,8H2,1-3H3,(H,14,15). The Morgan fingerprint density at radius 1 is 1.47 bits per heavy atom. The van der Waals surface area contributed by atoms with Crippen molar-refractivity contribution < 1.29 is 4.79 Å². The predicted molar refractivity (Wildman–Crippen MR) is 60.3 cm³/mol. The van der Waals surface area contributed by atoms with E-state index < -0.39 is 0 Å². The summed E-state index contributed by atoms with van der Waals surface area (Å²) >= 11 is 0. The highest BCUT2D eigenvalue weighted by molar-refractivity contribution is 5.87. The minimum absolute atomic E-state index is 0.0719. The Kier molecular flexibility index (Phi) is 4.03. The zero-order valence-corrected chi connectivity index (χ0v) is 9.37. The number of hydrogen-bond acceptors (Lipinski definition) is 2. The number of allylic oxidation sites excluding steroid dienone is 1. The van der Waals surface area contributed by atoms with Crippen LogP contribution in [0.25, 0.3) is 0 Å². The van der Waals surface area contributed by atoms with E-state index in [1.54, 1.807) is 12.3 Å². The summed E-state index contributed by atoms with van der Waals surface area (Å²) in [4.78, 5) is 15.5. The fraction of sp³-hybridized carbons (Fsp3) is 0.333. The first kappa shape index (κ1) is 11.4. The van der Waals surface area contributed by atoms with Crippen LogP contribution in [0, 0.1) is 6.92 Å². The quantitative estimate of drug-likeness (QED) is 0.765. The third-order valence-corrected chi connectivity index (χ3v) is 1.84. The molecule has 1 amide bonds. The third-order valence-electron chi connectivity index (χ3n) is 1.84. The van der Waals surface area contributed by atoms with Crippen molar-refractivity contribution in [2.45, 2.75) is 27.3 Å². The first-order valence-corrected chi connectivity index (χ1v) is 4.92. The molecule has 0 fully saturated rings. The van der Waals surface area contributed by atoms with Gasteiger partial charge in [0.1, 0.15) is 0 Å². The Hall–Kier alpha value is -1.64. The molecule has 0 aliphatic rings. The van der Waals surface area contributed by atoms with Crippen LogP contribution in [0.2, 0.25) is 0 Å². The number of aryl methyl sites for hydroxylation is 1. The van der Waals surface area contributed by atoms with Crippen molar-refractivity contribution in [2.24, 2.45) is 0 Å². The molecule has 0 spiro atoms. The molecule has 0 radical (unpaired) electrons. The summed E-state index contributed by atoms with van der Waals surface area (Å²) in [6.45, 7) is 6.24. The van der Waals surface area contributed by atoms with E-state index in [1.807, 2.05) is 32.9 Å². The van der Waals surface area contributed by atoms with Gasteiger partial charge in [-0.05, 0) is 32.4 Å². The maximum absolute atomic E-state index is 11.3. The number of nitrogens with one attached hydrogen (secondary N) is 1. The molecule has 0 aliphatic heterocycles. The predicted octanol–water partition coefficient (Wildman–Crippen LogP) is 1.97. The van der Waals surface area contributed by atoms with Crippen molar-refractivity contribution in [3.05, 3.63) is 41.2 Å². The van der Waals surface area contributed by atoms with Gasteiger partial charge in [-0.3, -0.25) is 9.78 Å². The number of amides is 1. The molecule has 0 aromatic carbocycles. The number of pyridine rings is 1. The smallest absolute Gasteiger partial charge is 0.244 e. The van der Waals surface area contributed by atoms with E-state index in [2.05, 4.69) is 10.3 Å². The van der Waals surface area contributed by atoms with Crippen LogP contribution < -0.4 is 5.32 Å². The van der Waals surface area contributed by atoms with E-state index in [1.165, 1.54) is 0 Å². The lowest BCUT2D eigenvalue weighted by Gasteiger charge is -2.02. The van der Waals surface area contributed by atoms with Gasteiger partial charge in [0, 0.05) is 12.3 Å². The molecule has 3 nitrogen and oxygen atoms in total. The second kappa shape index (κ2) is 5.29. The summed E-state index contributed by atoms with van der Waals surface area (Å²) in [5, 5.41) is 2.77. The minimum atomic E-state index is -0.0719. The molecule has 1 N–H and O–H groups in total. The van der Waals surface area contributed by atoms with Gasteiger partial charge in [-0.25, -0.2) is 0 Å². The number of hydrogen-bond donors (Lipinski definition) is 1. The Morgan fingerprint density at radius 2 is 2.20 bits per heavy atom. The maximum Gasteiger partial charge on any atom is 0.244 e. The lowest BCUT2D eigenvalue weighted by Crippen LogP contribution is -2.21. The second-order valence-corrected chi connectivity index (χ2v) is 3.77. The molecule has 0 saturated heterocycles. The molecule has 1 aromatic rings. The highest BCUT2D eigenvalue weighted by atomic mass is 16.1. The number of rotatable bonds is 3. The Balaban J connectivity index is 2.47. The minimum Gasteiger partial charge on any atom is -0.347 e. The van der Waals surface area contributed by atoms with E-state index in [9.17, 15) is 4.79 Å². The van der Waals surface area contributed by atoms with E-state index in [0.717, 1.165) is 16.8 Å². The molecule has 0 atom stereocenters.